The van der Waals surface area contributed by atoms with Gasteiger partial charge in [-0.25, -0.2) is 13.1 Å². The lowest BCUT2D eigenvalue weighted by atomic mass is 10.1. The molecule has 0 amide bonds. The highest BCUT2D eigenvalue weighted by atomic mass is 32.2. The molecule has 1 aliphatic rings. The first-order chi connectivity index (χ1) is 9.90. The highest BCUT2D eigenvalue weighted by Gasteiger charge is 2.34. The largest absolute Gasteiger partial charge is 0.497 e. The van der Waals surface area contributed by atoms with Crippen LogP contribution in [0.1, 0.15) is 6.42 Å². The van der Waals surface area contributed by atoms with Crippen LogP contribution >= 0.6 is 0 Å². The van der Waals surface area contributed by atoms with Crippen molar-refractivity contribution in [2.75, 3.05) is 34.0 Å². The Bertz CT molecular complexity index is 595. The van der Waals surface area contributed by atoms with Gasteiger partial charge in [0.2, 0.25) is 10.0 Å². The topological polar surface area (TPSA) is 94.1 Å². The summed E-state index contributed by atoms with van der Waals surface area (Å²) in [5, 5.41) is 10.1. The fourth-order valence-electron chi connectivity index (χ4n) is 2.04. The van der Waals surface area contributed by atoms with E-state index in [0.717, 1.165) is 0 Å². The third-order valence-electron chi connectivity index (χ3n) is 3.33. The van der Waals surface area contributed by atoms with Crippen LogP contribution in [-0.2, 0) is 14.8 Å². The summed E-state index contributed by atoms with van der Waals surface area (Å²) in [5.41, 5.74) is -1.16. The van der Waals surface area contributed by atoms with E-state index in [-0.39, 0.29) is 23.8 Å². The van der Waals surface area contributed by atoms with E-state index < -0.39 is 15.6 Å². The molecule has 21 heavy (non-hydrogen) atoms. The van der Waals surface area contributed by atoms with Crippen molar-refractivity contribution in [2.24, 2.45) is 0 Å². The molecule has 0 aliphatic carbocycles. The molecule has 1 aromatic carbocycles. The molecule has 1 saturated heterocycles. The fraction of sp³-hybridized carbons (Fsp3) is 0.538. The molecule has 0 radical (unpaired) electrons. The molecule has 1 unspecified atom stereocenters. The van der Waals surface area contributed by atoms with Crippen molar-refractivity contribution in [3.63, 3.8) is 0 Å². The third-order valence-corrected chi connectivity index (χ3v) is 4.77. The van der Waals surface area contributed by atoms with Gasteiger partial charge in [0, 0.05) is 25.6 Å². The van der Waals surface area contributed by atoms with Crippen molar-refractivity contribution in [3.8, 4) is 11.5 Å². The summed E-state index contributed by atoms with van der Waals surface area (Å²) in [7, 11) is -0.936. The van der Waals surface area contributed by atoms with Crippen LogP contribution in [0.15, 0.2) is 23.1 Å². The van der Waals surface area contributed by atoms with E-state index in [1.54, 1.807) is 0 Å². The predicted molar refractivity (Wildman–Crippen MR) is 75.1 cm³/mol. The van der Waals surface area contributed by atoms with Gasteiger partial charge in [-0.15, -0.1) is 0 Å². The van der Waals surface area contributed by atoms with E-state index in [9.17, 15) is 13.5 Å². The molecule has 1 heterocycles. The van der Waals surface area contributed by atoms with E-state index in [1.807, 2.05) is 0 Å². The maximum atomic E-state index is 12.3. The van der Waals surface area contributed by atoms with Gasteiger partial charge >= 0.3 is 0 Å². The van der Waals surface area contributed by atoms with Crippen LogP contribution in [0.2, 0.25) is 0 Å². The Labute approximate surface area is 123 Å². The molecule has 1 fully saturated rings. The van der Waals surface area contributed by atoms with Crippen LogP contribution in [0.5, 0.6) is 11.5 Å². The zero-order chi connectivity index (χ0) is 15.5. The van der Waals surface area contributed by atoms with Crippen LogP contribution in [0.4, 0.5) is 0 Å². The smallest absolute Gasteiger partial charge is 0.244 e. The van der Waals surface area contributed by atoms with Crippen LogP contribution in [0, 0.1) is 0 Å². The van der Waals surface area contributed by atoms with Gasteiger partial charge in [-0.2, -0.15) is 0 Å². The summed E-state index contributed by atoms with van der Waals surface area (Å²) >= 11 is 0. The van der Waals surface area contributed by atoms with Crippen LogP contribution in [-0.4, -0.2) is 53.1 Å². The highest BCUT2D eigenvalue weighted by Crippen LogP contribution is 2.28. The van der Waals surface area contributed by atoms with Crippen molar-refractivity contribution >= 4 is 10.0 Å². The second-order valence-electron chi connectivity index (χ2n) is 4.87. The van der Waals surface area contributed by atoms with Gasteiger partial charge in [0.25, 0.3) is 0 Å². The Morgan fingerprint density at radius 2 is 2.14 bits per heavy atom. The SMILES string of the molecule is COc1ccc(S(=O)(=O)NCC2(O)CCOC2)c(OC)c1. The molecule has 2 rings (SSSR count). The summed E-state index contributed by atoms with van der Waals surface area (Å²) in [6, 6.07) is 4.42. The minimum atomic E-state index is -3.80. The number of nitrogens with one attached hydrogen (secondary N) is 1. The van der Waals surface area contributed by atoms with E-state index >= 15 is 0 Å². The Kier molecular flexibility index (Phi) is 4.72. The number of aliphatic hydroxyl groups is 1. The minimum Gasteiger partial charge on any atom is -0.497 e. The molecule has 1 atom stereocenters. The molecule has 2 N–H and O–H groups in total. The Hall–Kier alpha value is -1.35. The maximum absolute atomic E-state index is 12.3. The van der Waals surface area contributed by atoms with Gasteiger partial charge in [-0.05, 0) is 12.1 Å². The number of sulfonamides is 1. The third kappa shape index (κ3) is 3.65. The lowest BCUT2D eigenvalue weighted by Crippen LogP contribution is -2.43. The van der Waals surface area contributed by atoms with Gasteiger partial charge in [-0.3, -0.25) is 0 Å². The Morgan fingerprint density at radius 3 is 2.71 bits per heavy atom. The normalized spacial score (nSPS) is 22.2. The summed E-state index contributed by atoms with van der Waals surface area (Å²) in [4.78, 5) is -0.00619. The van der Waals surface area contributed by atoms with Gasteiger partial charge in [0.15, 0.2) is 0 Å². The van der Waals surface area contributed by atoms with Gasteiger partial charge < -0.3 is 19.3 Å². The van der Waals surface area contributed by atoms with Crippen molar-refractivity contribution in [1.29, 1.82) is 0 Å². The molecule has 0 bridgehead atoms. The zero-order valence-corrected chi connectivity index (χ0v) is 12.8. The van der Waals surface area contributed by atoms with Crippen molar-refractivity contribution in [3.05, 3.63) is 18.2 Å². The molecular formula is C13H19NO6S. The first-order valence-electron chi connectivity index (χ1n) is 6.42. The zero-order valence-electron chi connectivity index (χ0n) is 12.0. The summed E-state index contributed by atoms with van der Waals surface area (Å²) in [5.74, 6) is 0.671. The first-order valence-corrected chi connectivity index (χ1v) is 7.90. The number of benzene rings is 1. The van der Waals surface area contributed by atoms with Gasteiger partial charge in [0.1, 0.15) is 22.0 Å². The average Bonchev–Trinajstić information content (AvgIpc) is 2.92. The lowest BCUT2D eigenvalue weighted by Gasteiger charge is -2.21. The Morgan fingerprint density at radius 1 is 1.38 bits per heavy atom. The Balaban J connectivity index is 2.19. The predicted octanol–water partition coefficient (Wildman–Crippen LogP) is 0.133. The van der Waals surface area contributed by atoms with Crippen LogP contribution < -0.4 is 14.2 Å². The molecular weight excluding hydrogens is 298 g/mol. The molecule has 0 aromatic heterocycles. The number of hydrogen-bond acceptors (Lipinski definition) is 6. The second kappa shape index (κ2) is 6.18. The van der Waals surface area contributed by atoms with Crippen molar-refractivity contribution in [1.82, 2.24) is 4.72 Å². The minimum absolute atomic E-state index is 0.00619. The number of rotatable bonds is 6. The second-order valence-corrected chi connectivity index (χ2v) is 6.60. The summed E-state index contributed by atoms with van der Waals surface area (Å²) < 4.78 is 42.2. The van der Waals surface area contributed by atoms with E-state index in [4.69, 9.17) is 14.2 Å². The number of ether oxygens (including phenoxy) is 3. The summed E-state index contributed by atoms with van der Waals surface area (Å²) in [6.45, 7) is 0.434. The standard InChI is InChI=1S/C13H19NO6S/c1-18-10-3-4-12(11(7-10)19-2)21(16,17)14-8-13(15)5-6-20-9-13/h3-4,7,14-15H,5-6,8-9H2,1-2H3. The van der Waals surface area contributed by atoms with E-state index in [0.29, 0.717) is 18.8 Å². The average molecular weight is 317 g/mol. The van der Waals surface area contributed by atoms with E-state index in [1.165, 1.54) is 32.4 Å². The quantitative estimate of drug-likeness (QED) is 0.775. The lowest BCUT2D eigenvalue weighted by molar-refractivity contribution is 0.0314. The van der Waals surface area contributed by atoms with Gasteiger partial charge in [0.05, 0.1) is 20.8 Å². The molecule has 8 heteroatoms. The first kappa shape index (κ1) is 16.0. The molecule has 0 spiro atoms. The highest BCUT2D eigenvalue weighted by molar-refractivity contribution is 7.89. The fourth-order valence-corrected chi connectivity index (χ4v) is 3.31. The van der Waals surface area contributed by atoms with Gasteiger partial charge in [-0.1, -0.05) is 0 Å². The molecule has 7 nitrogen and oxygen atoms in total. The summed E-state index contributed by atoms with van der Waals surface area (Å²) in [6.07, 6.45) is 0.398. The molecule has 0 saturated carbocycles. The van der Waals surface area contributed by atoms with Crippen molar-refractivity contribution in [2.45, 2.75) is 16.9 Å². The molecule has 118 valence electrons. The molecule has 1 aliphatic heterocycles. The number of methoxy groups -OCH3 is 2. The number of hydrogen-bond donors (Lipinski definition) is 2. The molecule has 1 aromatic rings. The maximum Gasteiger partial charge on any atom is 0.244 e. The monoisotopic (exact) mass is 317 g/mol. The van der Waals surface area contributed by atoms with Crippen LogP contribution in [0.3, 0.4) is 0 Å². The van der Waals surface area contributed by atoms with E-state index in [2.05, 4.69) is 4.72 Å². The van der Waals surface area contributed by atoms with Crippen LogP contribution in [0.25, 0.3) is 0 Å². The van der Waals surface area contributed by atoms with Crippen molar-refractivity contribution < 1.29 is 27.7 Å².